The molecule has 226 valence electrons. The Kier molecular flexibility index (Phi) is 6.88. The van der Waals surface area contributed by atoms with Crippen LogP contribution in [0, 0.1) is 12.1 Å². The van der Waals surface area contributed by atoms with Gasteiger partial charge in [-0.3, -0.25) is 0 Å². The number of hydrogen-bond donors (Lipinski definition) is 0. The van der Waals surface area contributed by atoms with Crippen molar-refractivity contribution < 1.29 is 4.42 Å². The molecule has 9 rings (SSSR count). The maximum Gasteiger partial charge on any atom is 0.145 e. The number of rotatable bonds is 6. The molecule has 1 aliphatic rings. The van der Waals surface area contributed by atoms with E-state index in [1.165, 1.54) is 38.7 Å². The standard InChI is InChI=1S/C46H31NO/c1-2-16-37(17-3-1)47(44-22-8-6-19-41(44)36-26-29-43-42-20-7-9-23-45(42)48-46(43)31-36)38-27-24-32(25-28-38)34-14-10-15-35(30-34)40-21-11-13-33-12-4-5-18-39(33)40/h1-2,4-16,18-25,27-28,30-31H,3,17H2. The Bertz CT molecular complexity index is 2510. The fourth-order valence-corrected chi connectivity index (χ4v) is 7.02. The van der Waals surface area contributed by atoms with E-state index < -0.39 is 0 Å². The van der Waals surface area contributed by atoms with E-state index in [1.54, 1.807) is 0 Å². The monoisotopic (exact) mass is 613 g/mol. The summed E-state index contributed by atoms with van der Waals surface area (Å²) in [6.45, 7) is 0. The van der Waals surface area contributed by atoms with Gasteiger partial charge in [-0.05, 0) is 94.4 Å². The number of furan rings is 1. The molecule has 48 heavy (non-hydrogen) atoms. The molecule has 0 fully saturated rings. The fraction of sp³-hybridized carbons (Fsp3) is 0.0435. The van der Waals surface area contributed by atoms with Crippen molar-refractivity contribution >= 4 is 44.1 Å². The fourth-order valence-electron chi connectivity index (χ4n) is 7.02. The Morgan fingerprint density at radius 1 is 0.562 bits per heavy atom. The van der Waals surface area contributed by atoms with E-state index in [2.05, 4.69) is 163 Å². The second-order valence-corrected chi connectivity index (χ2v) is 12.3. The average molecular weight is 614 g/mol. The normalized spacial score (nSPS) is 12.7. The van der Waals surface area contributed by atoms with Crippen LogP contribution < -0.4 is 4.90 Å². The Hall–Kier alpha value is -6.30. The second-order valence-electron chi connectivity index (χ2n) is 12.3. The molecule has 0 N–H and O–H groups in total. The zero-order valence-corrected chi connectivity index (χ0v) is 26.4. The first-order chi connectivity index (χ1) is 23.8. The molecule has 0 radical (unpaired) electrons. The molecule has 0 spiro atoms. The molecule has 7 aromatic carbocycles. The largest absolute Gasteiger partial charge is 0.455 e. The van der Waals surface area contributed by atoms with Crippen molar-refractivity contribution in [2.75, 3.05) is 4.90 Å². The van der Waals surface area contributed by atoms with Gasteiger partial charge in [-0.1, -0.05) is 127 Å². The van der Waals surface area contributed by atoms with Crippen LogP contribution in [0.2, 0.25) is 0 Å². The summed E-state index contributed by atoms with van der Waals surface area (Å²) >= 11 is 0. The second kappa shape index (κ2) is 11.8. The van der Waals surface area contributed by atoms with Gasteiger partial charge in [0.05, 0.1) is 11.1 Å². The van der Waals surface area contributed by atoms with Crippen molar-refractivity contribution in [2.45, 2.75) is 12.8 Å². The zero-order chi connectivity index (χ0) is 31.9. The molecule has 0 unspecified atom stereocenters. The van der Waals surface area contributed by atoms with Crippen LogP contribution in [-0.2, 0) is 0 Å². The number of allylic oxidation sites excluding steroid dienone is 4. The van der Waals surface area contributed by atoms with Crippen LogP contribution in [0.3, 0.4) is 0 Å². The van der Waals surface area contributed by atoms with Gasteiger partial charge in [0.25, 0.3) is 0 Å². The minimum Gasteiger partial charge on any atom is -0.455 e. The van der Waals surface area contributed by atoms with Crippen LogP contribution in [0.25, 0.3) is 66.1 Å². The van der Waals surface area contributed by atoms with Crippen molar-refractivity contribution in [1.29, 1.82) is 0 Å². The van der Waals surface area contributed by atoms with Gasteiger partial charge in [-0.15, -0.1) is 0 Å². The lowest BCUT2D eigenvalue weighted by Gasteiger charge is -2.30. The Balaban J connectivity index is 1.11. The predicted octanol–water partition coefficient (Wildman–Crippen LogP) is 12.7. The van der Waals surface area contributed by atoms with E-state index >= 15 is 0 Å². The third-order valence-corrected chi connectivity index (χ3v) is 9.36. The molecule has 2 heteroatoms. The first kappa shape index (κ1) is 28.0. The van der Waals surface area contributed by atoms with E-state index in [4.69, 9.17) is 4.42 Å². The highest BCUT2D eigenvalue weighted by molar-refractivity contribution is 6.05. The van der Waals surface area contributed by atoms with Gasteiger partial charge in [-0.25, -0.2) is 0 Å². The maximum atomic E-state index is 6.24. The van der Waals surface area contributed by atoms with Crippen molar-refractivity contribution in [3.05, 3.63) is 182 Å². The molecule has 1 aliphatic carbocycles. The van der Waals surface area contributed by atoms with E-state index in [-0.39, 0.29) is 0 Å². The third kappa shape index (κ3) is 4.94. The smallest absolute Gasteiger partial charge is 0.145 e. The Morgan fingerprint density at radius 2 is 1.31 bits per heavy atom. The summed E-state index contributed by atoms with van der Waals surface area (Å²) in [5, 5.41) is 4.55. The summed E-state index contributed by atoms with van der Waals surface area (Å²) in [5.74, 6) is 0. The van der Waals surface area contributed by atoms with Gasteiger partial charge in [0.15, 0.2) is 0 Å². The van der Waals surface area contributed by atoms with E-state index in [0.29, 0.717) is 0 Å². The maximum absolute atomic E-state index is 6.24. The number of para-hydroxylation sites is 2. The SMILES string of the molecule is c1c(-c2ccccc2N(C2=CC=CCC2)c2ccc(-c3cccc(-c4cccc5ccccc45)c3)cc2)cc2oc3ccccc3c2c#1. The summed E-state index contributed by atoms with van der Waals surface area (Å²) < 4.78 is 6.24. The third-order valence-electron chi connectivity index (χ3n) is 9.36. The summed E-state index contributed by atoms with van der Waals surface area (Å²) in [6.07, 6.45) is 8.60. The number of fused-ring (bicyclic) bond motifs is 4. The van der Waals surface area contributed by atoms with Crippen molar-refractivity contribution in [1.82, 2.24) is 0 Å². The predicted molar refractivity (Wildman–Crippen MR) is 200 cm³/mol. The quantitative estimate of drug-likeness (QED) is 0.185. The topological polar surface area (TPSA) is 16.4 Å². The molecule has 0 saturated carbocycles. The number of hydrogen-bond acceptors (Lipinski definition) is 2. The van der Waals surface area contributed by atoms with Gasteiger partial charge < -0.3 is 9.32 Å². The van der Waals surface area contributed by atoms with Crippen molar-refractivity contribution in [3.63, 3.8) is 0 Å². The molecule has 8 aromatic rings. The summed E-state index contributed by atoms with van der Waals surface area (Å²) in [6, 6.07) is 58.7. The summed E-state index contributed by atoms with van der Waals surface area (Å²) in [4.78, 5) is 2.39. The molecule has 0 aliphatic heterocycles. The molecular formula is C46H31NO. The molecular weight excluding hydrogens is 583 g/mol. The number of anilines is 2. The molecule has 2 nitrogen and oxygen atoms in total. The number of nitrogens with zero attached hydrogens (tertiary/aromatic N) is 1. The van der Waals surface area contributed by atoms with E-state index in [9.17, 15) is 0 Å². The van der Waals surface area contributed by atoms with Crippen LogP contribution in [0.1, 0.15) is 12.8 Å². The van der Waals surface area contributed by atoms with E-state index in [1.807, 2.05) is 18.2 Å². The minimum absolute atomic E-state index is 0.821. The van der Waals surface area contributed by atoms with Crippen LogP contribution in [0.15, 0.2) is 174 Å². The van der Waals surface area contributed by atoms with Crippen LogP contribution in [0.5, 0.6) is 0 Å². The zero-order valence-electron chi connectivity index (χ0n) is 26.4. The van der Waals surface area contributed by atoms with Crippen LogP contribution in [-0.4, -0.2) is 0 Å². The molecule has 1 heterocycles. The first-order valence-corrected chi connectivity index (χ1v) is 16.5. The van der Waals surface area contributed by atoms with Crippen LogP contribution >= 0.6 is 0 Å². The van der Waals surface area contributed by atoms with Gasteiger partial charge in [0.1, 0.15) is 11.2 Å². The van der Waals surface area contributed by atoms with Gasteiger partial charge in [0, 0.05) is 27.9 Å². The van der Waals surface area contributed by atoms with Gasteiger partial charge >= 0.3 is 0 Å². The lowest BCUT2D eigenvalue weighted by atomic mass is 9.95. The number of benzene rings is 6. The summed E-state index contributed by atoms with van der Waals surface area (Å²) in [7, 11) is 0. The van der Waals surface area contributed by atoms with Crippen LogP contribution in [0.4, 0.5) is 11.4 Å². The highest BCUT2D eigenvalue weighted by Crippen LogP contribution is 2.41. The molecule has 0 saturated heterocycles. The Morgan fingerprint density at radius 3 is 2.21 bits per heavy atom. The highest BCUT2D eigenvalue weighted by atomic mass is 16.3. The van der Waals surface area contributed by atoms with Gasteiger partial charge in [0.2, 0.25) is 0 Å². The molecule has 1 aromatic heterocycles. The van der Waals surface area contributed by atoms with E-state index in [0.717, 1.165) is 57.3 Å². The molecule has 0 bridgehead atoms. The minimum atomic E-state index is 0.821. The first-order valence-electron chi connectivity index (χ1n) is 16.5. The highest BCUT2D eigenvalue weighted by Gasteiger charge is 2.20. The van der Waals surface area contributed by atoms with Crippen molar-refractivity contribution in [3.8, 4) is 33.4 Å². The lowest BCUT2D eigenvalue weighted by molar-refractivity contribution is 0.669. The average Bonchev–Trinajstić information content (AvgIpc) is 3.54. The molecule has 0 amide bonds. The molecule has 0 atom stereocenters. The van der Waals surface area contributed by atoms with Crippen molar-refractivity contribution in [2.24, 2.45) is 0 Å². The Labute approximate surface area is 280 Å². The lowest BCUT2D eigenvalue weighted by Crippen LogP contribution is -2.18. The summed E-state index contributed by atoms with van der Waals surface area (Å²) in [5.41, 5.74) is 12.1. The van der Waals surface area contributed by atoms with Gasteiger partial charge in [-0.2, -0.15) is 0 Å².